The number of hydrogen-bond acceptors (Lipinski definition) is 4. The zero-order chi connectivity index (χ0) is 34.9. The maximum absolute atomic E-state index is 6.82. The summed E-state index contributed by atoms with van der Waals surface area (Å²) in [5.41, 5.74) is 6.85. The molecule has 0 saturated carbocycles. The molecule has 0 amide bonds. The van der Waals surface area contributed by atoms with Gasteiger partial charge in [-0.15, -0.1) is 0 Å². The Morgan fingerprint density at radius 1 is 0.453 bits per heavy atom. The molecule has 11 rings (SSSR count). The molecular formula is C49H31N3O. The summed E-state index contributed by atoms with van der Waals surface area (Å²) in [7, 11) is 0. The number of hydrogen-bond donors (Lipinski definition) is 1. The zero-order valence-electron chi connectivity index (χ0n) is 28.6. The van der Waals surface area contributed by atoms with Gasteiger partial charge in [-0.3, -0.25) is 0 Å². The van der Waals surface area contributed by atoms with E-state index < -0.39 is 0 Å². The Morgan fingerprint density at radius 2 is 1.08 bits per heavy atom. The van der Waals surface area contributed by atoms with Crippen LogP contribution in [-0.2, 0) is 0 Å². The summed E-state index contributed by atoms with van der Waals surface area (Å²) < 4.78 is 6.82. The lowest BCUT2D eigenvalue weighted by Gasteiger charge is -2.24. The largest absolute Gasteiger partial charge is 0.455 e. The van der Waals surface area contributed by atoms with Crippen molar-refractivity contribution in [1.29, 1.82) is 0 Å². The van der Waals surface area contributed by atoms with E-state index in [-0.39, 0.29) is 6.17 Å². The van der Waals surface area contributed by atoms with Crippen molar-refractivity contribution >= 4 is 76.7 Å². The summed E-state index contributed by atoms with van der Waals surface area (Å²) in [4.78, 5) is 10.6. The van der Waals surface area contributed by atoms with Gasteiger partial charge in [0.1, 0.15) is 23.2 Å². The number of fused-ring (bicyclic) bond motifs is 9. The van der Waals surface area contributed by atoms with Crippen LogP contribution in [0.1, 0.15) is 22.9 Å². The molecule has 1 aromatic heterocycles. The van der Waals surface area contributed by atoms with Gasteiger partial charge in [-0.1, -0.05) is 146 Å². The molecule has 0 fully saturated rings. The monoisotopic (exact) mass is 677 g/mol. The fourth-order valence-corrected chi connectivity index (χ4v) is 8.19. The Balaban J connectivity index is 1.14. The molecule has 1 N–H and O–H groups in total. The number of nitrogens with zero attached hydrogens (tertiary/aromatic N) is 2. The fourth-order valence-electron chi connectivity index (χ4n) is 8.19. The molecule has 0 aliphatic carbocycles. The first kappa shape index (κ1) is 29.7. The Labute approximate surface area is 305 Å². The average Bonchev–Trinajstić information content (AvgIpc) is 3.63. The third kappa shape index (κ3) is 4.77. The molecule has 10 aromatic rings. The smallest absolute Gasteiger partial charge is 0.160 e. The van der Waals surface area contributed by atoms with Crippen LogP contribution in [0, 0.1) is 0 Å². The molecule has 1 aliphatic heterocycles. The predicted octanol–water partition coefficient (Wildman–Crippen LogP) is 12.4. The third-order valence-electron chi connectivity index (χ3n) is 10.7. The second-order valence-electron chi connectivity index (χ2n) is 13.7. The van der Waals surface area contributed by atoms with Crippen molar-refractivity contribution < 1.29 is 4.42 Å². The standard InChI is InChI=1S/C49H31N3O/c1-2-13-31(14-3-1)47-50-48(34-24-25-37-33(28-34)23-22-30-12-4-6-16-35(30)37)52-49(51-47)42-27-26-40(46-45(42)41-20-10-11-21-44(41)53-46)43-29-32-15-5-7-17-36(32)38-18-8-9-19-39(38)43/h1-29,48H,(H,50,51,52). The summed E-state index contributed by atoms with van der Waals surface area (Å²) in [5, 5.41) is 15.5. The van der Waals surface area contributed by atoms with E-state index in [9.17, 15) is 0 Å². The third-order valence-corrected chi connectivity index (χ3v) is 10.7. The number of benzene rings is 9. The van der Waals surface area contributed by atoms with E-state index in [2.05, 4.69) is 151 Å². The van der Waals surface area contributed by atoms with Gasteiger partial charge in [0.25, 0.3) is 0 Å². The van der Waals surface area contributed by atoms with Crippen molar-refractivity contribution in [3.8, 4) is 11.1 Å². The summed E-state index contributed by atoms with van der Waals surface area (Å²) in [5.74, 6) is 1.45. The van der Waals surface area contributed by atoms with Crippen LogP contribution in [0.15, 0.2) is 190 Å². The van der Waals surface area contributed by atoms with E-state index in [1.165, 1.54) is 43.1 Å². The van der Waals surface area contributed by atoms with Gasteiger partial charge in [-0.2, -0.15) is 0 Å². The SMILES string of the molecule is c1ccc(C2=NC(c3ccc(-c4cc5ccccc5c5ccccc45)c4oc5ccccc5c34)=NC(c3ccc4c(ccc5ccccc54)c3)N2)cc1. The van der Waals surface area contributed by atoms with E-state index in [1.54, 1.807) is 0 Å². The first-order valence-corrected chi connectivity index (χ1v) is 18.0. The Morgan fingerprint density at radius 3 is 1.92 bits per heavy atom. The van der Waals surface area contributed by atoms with Crippen LogP contribution >= 0.6 is 0 Å². The average molecular weight is 678 g/mol. The van der Waals surface area contributed by atoms with Gasteiger partial charge in [0.15, 0.2) is 5.84 Å². The van der Waals surface area contributed by atoms with Gasteiger partial charge in [0.05, 0.1) is 0 Å². The minimum absolute atomic E-state index is 0.356. The summed E-state index contributed by atoms with van der Waals surface area (Å²) in [6.07, 6.45) is -0.356. The van der Waals surface area contributed by atoms with Crippen molar-refractivity contribution in [1.82, 2.24) is 5.32 Å². The Hall–Kier alpha value is -7.04. The van der Waals surface area contributed by atoms with E-state index in [0.717, 1.165) is 55.6 Å². The fraction of sp³-hybridized carbons (Fsp3) is 0.0204. The molecule has 2 heterocycles. The zero-order valence-corrected chi connectivity index (χ0v) is 28.6. The summed E-state index contributed by atoms with van der Waals surface area (Å²) in [6, 6.07) is 62.2. The number of para-hydroxylation sites is 1. The van der Waals surface area contributed by atoms with Crippen LogP contribution < -0.4 is 5.32 Å². The quantitative estimate of drug-likeness (QED) is 0.189. The van der Waals surface area contributed by atoms with E-state index >= 15 is 0 Å². The molecule has 9 aromatic carbocycles. The number of amidine groups is 2. The highest BCUT2D eigenvalue weighted by atomic mass is 16.3. The van der Waals surface area contributed by atoms with Gasteiger partial charge in [0.2, 0.25) is 0 Å². The lowest BCUT2D eigenvalue weighted by molar-refractivity contribution is 0.669. The molecule has 1 aliphatic rings. The molecular weight excluding hydrogens is 647 g/mol. The molecule has 4 heteroatoms. The lowest BCUT2D eigenvalue weighted by Crippen LogP contribution is -2.33. The van der Waals surface area contributed by atoms with Crippen LogP contribution in [0.25, 0.3) is 76.2 Å². The van der Waals surface area contributed by atoms with E-state index in [4.69, 9.17) is 14.4 Å². The van der Waals surface area contributed by atoms with E-state index in [0.29, 0.717) is 5.84 Å². The molecule has 0 saturated heterocycles. The Bertz CT molecular complexity index is 3150. The van der Waals surface area contributed by atoms with Crippen LogP contribution in [0.2, 0.25) is 0 Å². The Kier molecular flexibility index (Phi) is 6.58. The van der Waals surface area contributed by atoms with Crippen LogP contribution in [0.5, 0.6) is 0 Å². The molecule has 53 heavy (non-hydrogen) atoms. The molecule has 1 unspecified atom stereocenters. The van der Waals surface area contributed by atoms with Gasteiger partial charge >= 0.3 is 0 Å². The number of aliphatic imine (C=N–C) groups is 2. The molecule has 0 bridgehead atoms. The van der Waals surface area contributed by atoms with Crippen molar-refractivity contribution in [2.45, 2.75) is 6.17 Å². The van der Waals surface area contributed by atoms with Gasteiger partial charge in [-0.05, 0) is 84.5 Å². The van der Waals surface area contributed by atoms with Gasteiger partial charge < -0.3 is 9.73 Å². The predicted molar refractivity (Wildman–Crippen MR) is 221 cm³/mol. The highest BCUT2D eigenvalue weighted by Gasteiger charge is 2.25. The maximum atomic E-state index is 6.82. The minimum Gasteiger partial charge on any atom is -0.455 e. The van der Waals surface area contributed by atoms with Crippen LogP contribution in [0.3, 0.4) is 0 Å². The summed E-state index contributed by atoms with van der Waals surface area (Å²) in [6.45, 7) is 0. The van der Waals surface area contributed by atoms with Crippen LogP contribution in [0.4, 0.5) is 0 Å². The first-order chi connectivity index (χ1) is 26.3. The van der Waals surface area contributed by atoms with Crippen molar-refractivity contribution in [2.24, 2.45) is 9.98 Å². The molecule has 0 spiro atoms. The van der Waals surface area contributed by atoms with Crippen molar-refractivity contribution in [3.05, 3.63) is 193 Å². The van der Waals surface area contributed by atoms with Gasteiger partial charge in [-0.25, -0.2) is 9.98 Å². The maximum Gasteiger partial charge on any atom is 0.160 e. The number of furan rings is 1. The summed E-state index contributed by atoms with van der Waals surface area (Å²) >= 11 is 0. The number of rotatable bonds is 4. The second kappa shape index (κ2) is 11.8. The normalized spacial score (nSPS) is 14.6. The van der Waals surface area contributed by atoms with Gasteiger partial charge in [0, 0.05) is 27.5 Å². The highest BCUT2D eigenvalue weighted by molar-refractivity contribution is 6.25. The molecule has 1 atom stereocenters. The van der Waals surface area contributed by atoms with Crippen molar-refractivity contribution in [2.75, 3.05) is 0 Å². The van der Waals surface area contributed by atoms with Crippen LogP contribution in [-0.4, -0.2) is 11.7 Å². The molecule has 4 nitrogen and oxygen atoms in total. The number of nitrogens with one attached hydrogen (secondary N) is 1. The molecule has 0 radical (unpaired) electrons. The topological polar surface area (TPSA) is 49.9 Å². The highest BCUT2D eigenvalue weighted by Crippen LogP contribution is 2.43. The minimum atomic E-state index is -0.356. The van der Waals surface area contributed by atoms with E-state index in [1.807, 2.05) is 30.3 Å². The lowest BCUT2D eigenvalue weighted by atomic mass is 9.91. The first-order valence-electron chi connectivity index (χ1n) is 18.0. The molecule has 248 valence electrons. The second-order valence-corrected chi connectivity index (χ2v) is 13.7. The van der Waals surface area contributed by atoms with Crippen molar-refractivity contribution in [3.63, 3.8) is 0 Å².